The molecule has 13 heteroatoms. The third kappa shape index (κ3) is 6.59. The minimum absolute atomic E-state index is 0.0171. The highest BCUT2D eigenvalue weighted by Gasteiger charge is 2.28. The van der Waals surface area contributed by atoms with Crippen LogP contribution in [-0.2, 0) is 0 Å². The average molecular weight is 511 g/mol. The third-order valence-electron chi connectivity index (χ3n) is 3.05. The van der Waals surface area contributed by atoms with Gasteiger partial charge in [-0.15, -0.1) is 11.8 Å². The number of anilines is 1. The fourth-order valence-corrected chi connectivity index (χ4v) is 3.42. The predicted molar refractivity (Wildman–Crippen MR) is 96.9 cm³/mol. The van der Waals surface area contributed by atoms with Gasteiger partial charge in [0.1, 0.15) is 24.4 Å². The van der Waals surface area contributed by atoms with E-state index in [2.05, 4.69) is 31.2 Å². The second-order valence-corrected chi connectivity index (χ2v) is 7.33. The summed E-state index contributed by atoms with van der Waals surface area (Å²) in [6, 6.07) is 1.93. The first-order chi connectivity index (χ1) is 13.1. The Hall–Kier alpha value is -1.40. The molecule has 28 heavy (non-hydrogen) atoms. The van der Waals surface area contributed by atoms with Crippen LogP contribution >= 0.6 is 39.3 Å². The third-order valence-corrected chi connectivity index (χ3v) is 5.38. The van der Waals surface area contributed by atoms with E-state index in [4.69, 9.17) is 16.3 Å². The van der Waals surface area contributed by atoms with E-state index in [9.17, 15) is 26.3 Å². The van der Waals surface area contributed by atoms with Gasteiger partial charge >= 0.3 is 6.18 Å². The maximum absolute atomic E-state index is 13.9. The van der Waals surface area contributed by atoms with Crippen LogP contribution in [0.3, 0.4) is 0 Å². The Kier molecular flexibility index (Phi) is 8.07. The van der Waals surface area contributed by atoms with Crippen LogP contribution in [0.15, 0.2) is 27.8 Å². The van der Waals surface area contributed by atoms with Crippen LogP contribution < -0.4 is 10.1 Å². The zero-order valence-electron chi connectivity index (χ0n) is 13.7. The first kappa shape index (κ1) is 22.9. The minimum Gasteiger partial charge on any atom is -0.489 e. The summed E-state index contributed by atoms with van der Waals surface area (Å²) in [5.74, 6) is -2.23. The second kappa shape index (κ2) is 9.88. The number of ether oxygens (including phenoxy) is 1. The molecule has 0 saturated heterocycles. The maximum atomic E-state index is 13.9. The van der Waals surface area contributed by atoms with Crippen molar-refractivity contribution in [3.63, 3.8) is 0 Å². The molecule has 1 aromatic heterocycles. The summed E-state index contributed by atoms with van der Waals surface area (Å²) in [5.41, 5.74) is -0.492. The van der Waals surface area contributed by atoms with Crippen molar-refractivity contribution >= 4 is 45.1 Å². The molecule has 1 aromatic carbocycles. The van der Waals surface area contributed by atoms with Crippen molar-refractivity contribution in [3.8, 4) is 5.75 Å². The van der Waals surface area contributed by atoms with Gasteiger partial charge in [0.15, 0.2) is 11.6 Å². The van der Waals surface area contributed by atoms with Crippen molar-refractivity contribution in [2.75, 3.05) is 24.2 Å². The van der Waals surface area contributed by atoms with E-state index in [1.807, 2.05) is 0 Å². The normalized spacial score (nSPS) is 11.8. The number of rotatable bonds is 8. The summed E-state index contributed by atoms with van der Waals surface area (Å²) in [5, 5.41) is 2.55. The van der Waals surface area contributed by atoms with Crippen LogP contribution in [0.2, 0.25) is 5.02 Å². The van der Waals surface area contributed by atoms with Crippen LogP contribution in [0.4, 0.5) is 32.2 Å². The van der Waals surface area contributed by atoms with E-state index in [0.717, 1.165) is 18.5 Å². The predicted octanol–water partition coefficient (Wildman–Crippen LogP) is 6.11. The molecule has 1 N–H and O–H groups in total. The van der Waals surface area contributed by atoms with Crippen molar-refractivity contribution in [2.45, 2.75) is 17.5 Å². The summed E-state index contributed by atoms with van der Waals surface area (Å²) < 4.78 is 81.6. The average Bonchev–Trinajstić information content (AvgIpc) is 2.59. The van der Waals surface area contributed by atoms with Gasteiger partial charge in [-0.1, -0.05) is 11.6 Å². The number of aromatic nitrogens is 2. The summed E-state index contributed by atoms with van der Waals surface area (Å²) in [6.45, 7) is -0.0756. The molecular formula is C15H11BrClF6N3OS. The number of benzene rings is 1. The van der Waals surface area contributed by atoms with E-state index in [1.54, 1.807) is 0 Å². The number of nitrogens with one attached hydrogen (secondary N) is 1. The van der Waals surface area contributed by atoms with Crippen molar-refractivity contribution in [3.05, 3.63) is 39.5 Å². The quantitative estimate of drug-likeness (QED) is 0.264. The summed E-state index contributed by atoms with van der Waals surface area (Å²) >= 11 is 9.12. The van der Waals surface area contributed by atoms with E-state index in [1.165, 1.54) is 0 Å². The summed E-state index contributed by atoms with van der Waals surface area (Å²) in [6.07, 6.45) is -6.25. The van der Waals surface area contributed by atoms with Crippen molar-refractivity contribution < 1.29 is 31.1 Å². The molecule has 0 bridgehead atoms. The topological polar surface area (TPSA) is 47.0 Å². The van der Waals surface area contributed by atoms with Crippen molar-refractivity contribution in [2.24, 2.45) is 0 Å². The van der Waals surface area contributed by atoms with Gasteiger partial charge in [0.25, 0.3) is 6.43 Å². The zero-order chi connectivity index (χ0) is 20.9. The van der Waals surface area contributed by atoms with Gasteiger partial charge < -0.3 is 10.1 Å². The van der Waals surface area contributed by atoms with Crippen LogP contribution in [-0.4, -0.2) is 35.0 Å². The molecule has 0 radical (unpaired) electrons. The molecule has 4 nitrogen and oxygen atoms in total. The first-order valence-electron chi connectivity index (χ1n) is 7.42. The van der Waals surface area contributed by atoms with Gasteiger partial charge in [-0.25, -0.2) is 23.1 Å². The SMILES string of the molecule is Fc1cc(Cl)c(SCC(F)(F)F)cc1OCCNc1ncnc(C(F)F)c1Br. The van der Waals surface area contributed by atoms with Crippen molar-refractivity contribution in [1.29, 1.82) is 0 Å². The second-order valence-electron chi connectivity index (χ2n) is 5.11. The molecule has 0 atom stereocenters. The molecule has 0 unspecified atom stereocenters. The van der Waals surface area contributed by atoms with Gasteiger partial charge in [-0.05, 0) is 28.1 Å². The lowest BCUT2D eigenvalue weighted by molar-refractivity contribution is -0.105. The van der Waals surface area contributed by atoms with Crippen LogP contribution in [0.1, 0.15) is 12.1 Å². The standard InChI is InChI=1S/C15H11BrClF6N3OS/c16-11-12(13(19)20)25-6-26-14(11)24-1-2-27-9-4-10(7(17)3-8(9)18)28-5-15(21,22)23/h3-4,6,13H,1-2,5H2,(H,24,25,26). The molecule has 0 aliphatic carbocycles. The largest absolute Gasteiger partial charge is 0.489 e. The highest BCUT2D eigenvalue weighted by molar-refractivity contribution is 9.10. The Bertz CT molecular complexity index is 827. The zero-order valence-corrected chi connectivity index (χ0v) is 16.8. The van der Waals surface area contributed by atoms with Crippen LogP contribution in [0.25, 0.3) is 0 Å². The summed E-state index contributed by atoms with van der Waals surface area (Å²) in [4.78, 5) is 7.27. The number of halogens is 8. The molecule has 0 spiro atoms. The summed E-state index contributed by atoms with van der Waals surface area (Å²) in [7, 11) is 0. The van der Waals surface area contributed by atoms with Crippen molar-refractivity contribution in [1.82, 2.24) is 9.97 Å². The lowest BCUT2D eigenvalue weighted by atomic mass is 10.3. The maximum Gasteiger partial charge on any atom is 0.398 e. The number of alkyl halides is 5. The number of hydrogen-bond donors (Lipinski definition) is 1. The molecule has 0 aliphatic rings. The lowest BCUT2D eigenvalue weighted by Crippen LogP contribution is -2.14. The molecule has 0 fully saturated rings. The highest BCUT2D eigenvalue weighted by atomic mass is 79.9. The van der Waals surface area contributed by atoms with E-state index < -0.39 is 29.9 Å². The van der Waals surface area contributed by atoms with Gasteiger partial charge in [0.2, 0.25) is 0 Å². The molecule has 0 saturated carbocycles. The minimum atomic E-state index is -4.41. The molecule has 1 heterocycles. The van der Waals surface area contributed by atoms with Gasteiger partial charge in [0.05, 0.1) is 21.8 Å². The molecule has 0 aliphatic heterocycles. The number of nitrogens with zero attached hydrogens (tertiary/aromatic N) is 2. The highest BCUT2D eigenvalue weighted by Crippen LogP contribution is 2.36. The monoisotopic (exact) mass is 509 g/mol. The Morgan fingerprint density at radius 2 is 1.96 bits per heavy atom. The fraction of sp³-hybridized carbons (Fsp3) is 0.333. The Balaban J connectivity index is 1.97. The smallest absolute Gasteiger partial charge is 0.398 e. The molecular weight excluding hydrogens is 500 g/mol. The van der Waals surface area contributed by atoms with E-state index in [0.29, 0.717) is 11.8 Å². The van der Waals surface area contributed by atoms with Crippen LogP contribution in [0, 0.1) is 5.82 Å². The molecule has 2 rings (SSSR count). The molecule has 0 amide bonds. The Morgan fingerprint density at radius 3 is 2.61 bits per heavy atom. The Morgan fingerprint density at radius 1 is 1.25 bits per heavy atom. The van der Waals surface area contributed by atoms with Crippen LogP contribution in [0.5, 0.6) is 5.75 Å². The number of thioether (sulfide) groups is 1. The molecule has 2 aromatic rings. The fourth-order valence-electron chi connectivity index (χ4n) is 1.88. The lowest BCUT2D eigenvalue weighted by Gasteiger charge is -2.13. The first-order valence-corrected chi connectivity index (χ1v) is 9.58. The Labute approximate surface area is 173 Å². The number of hydrogen-bond acceptors (Lipinski definition) is 5. The van der Waals surface area contributed by atoms with E-state index in [-0.39, 0.29) is 39.1 Å². The molecule has 154 valence electrons. The van der Waals surface area contributed by atoms with Gasteiger partial charge in [-0.2, -0.15) is 13.2 Å². The van der Waals surface area contributed by atoms with Gasteiger partial charge in [-0.3, -0.25) is 0 Å². The van der Waals surface area contributed by atoms with E-state index >= 15 is 0 Å². The van der Waals surface area contributed by atoms with Gasteiger partial charge in [0, 0.05) is 4.90 Å².